The van der Waals surface area contributed by atoms with Crippen molar-refractivity contribution in [2.24, 2.45) is 7.05 Å². The Morgan fingerprint density at radius 3 is 2.70 bits per heavy atom. The highest BCUT2D eigenvalue weighted by Gasteiger charge is 2.15. The summed E-state index contributed by atoms with van der Waals surface area (Å²) in [5.41, 5.74) is 7.67. The third kappa shape index (κ3) is 2.93. The van der Waals surface area contributed by atoms with E-state index < -0.39 is 8.07 Å². The number of hydrogen-bond donors (Lipinski definition) is 1. The Kier molecular flexibility index (Phi) is 4.00. The predicted molar refractivity (Wildman–Crippen MR) is 83.5 cm³/mol. The van der Waals surface area contributed by atoms with Crippen LogP contribution in [0.25, 0.3) is 11.0 Å². The Morgan fingerprint density at radius 2 is 2.05 bits per heavy atom. The molecule has 2 rings (SSSR count). The van der Waals surface area contributed by atoms with Gasteiger partial charge in [0, 0.05) is 21.7 Å². The van der Waals surface area contributed by atoms with E-state index in [-0.39, 0.29) is 12.4 Å². The zero-order valence-corrected chi connectivity index (χ0v) is 13.5. The van der Waals surface area contributed by atoms with Crippen molar-refractivity contribution >= 4 is 24.8 Å². The van der Waals surface area contributed by atoms with Crippen molar-refractivity contribution in [2.75, 3.05) is 12.3 Å². The van der Waals surface area contributed by atoms with Gasteiger partial charge in [-0.2, -0.15) is 0 Å². The van der Waals surface area contributed by atoms with Crippen molar-refractivity contribution in [3.8, 4) is 0 Å². The van der Waals surface area contributed by atoms with E-state index in [1.807, 2.05) is 0 Å². The zero-order valence-electron chi connectivity index (χ0n) is 12.5. The van der Waals surface area contributed by atoms with E-state index in [1.54, 1.807) is 24.0 Å². The minimum absolute atomic E-state index is 0.132. The number of hydrogen-bond acceptors (Lipinski definition) is 4. The summed E-state index contributed by atoms with van der Waals surface area (Å²) in [6.07, 6.45) is 3.20. The van der Waals surface area contributed by atoms with Crippen LogP contribution in [0.15, 0.2) is 17.2 Å². The van der Waals surface area contributed by atoms with E-state index in [9.17, 15) is 4.79 Å². The molecule has 0 spiro atoms. The number of anilines is 1. The van der Waals surface area contributed by atoms with Crippen LogP contribution < -0.4 is 11.4 Å². The number of rotatable bonds is 5. The standard InChI is InChI=1S/C13H22N4O2Si/c1-16-12-10(14)7-15-8-11(12)17(13(16)18)9-19-5-6-20(2,3)4/h7-8H,5-6,9,14H2,1-4H3. The van der Waals surface area contributed by atoms with Gasteiger partial charge in [-0.05, 0) is 6.04 Å². The first-order valence-electron chi connectivity index (χ1n) is 6.68. The normalized spacial score (nSPS) is 12.2. The van der Waals surface area contributed by atoms with Gasteiger partial charge in [-0.15, -0.1) is 0 Å². The third-order valence-electron chi connectivity index (χ3n) is 3.29. The molecule has 0 aliphatic carbocycles. The average molecular weight is 294 g/mol. The van der Waals surface area contributed by atoms with Crippen LogP contribution >= 0.6 is 0 Å². The lowest BCUT2D eigenvalue weighted by Gasteiger charge is -2.15. The van der Waals surface area contributed by atoms with Gasteiger partial charge in [0.1, 0.15) is 6.73 Å². The van der Waals surface area contributed by atoms with Gasteiger partial charge < -0.3 is 10.5 Å². The number of imidazole rings is 1. The number of nitrogen functional groups attached to an aromatic ring is 1. The van der Waals surface area contributed by atoms with Crippen LogP contribution in [-0.4, -0.2) is 28.8 Å². The van der Waals surface area contributed by atoms with Crippen molar-refractivity contribution in [3.63, 3.8) is 0 Å². The summed E-state index contributed by atoms with van der Waals surface area (Å²) in [6, 6.07) is 1.08. The van der Waals surface area contributed by atoms with Crippen molar-refractivity contribution in [3.05, 3.63) is 22.9 Å². The summed E-state index contributed by atoms with van der Waals surface area (Å²) >= 11 is 0. The first-order valence-corrected chi connectivity index (χ1v) is 10.4. The fourth-order valence-electron chi connectivity index (χ4n) is 2.06. The molecule has 20 heavy (non-hydrogen) atoms. The summed E-state index contributed by atoms with van der Waals surface area (Å²) in [4.78, 5) is 16.3. The van der Waals surface area contributed by atoms with Crippen LogP contribution in [0.3, 0.4) is 0 Å². The Balaban J connectivity index is 2.21. The second-order valence-electron chi connectivity index (χ2n) is 6.21. The molecule has 0 saturated carbocycles. The van der Waals surface area contributed by atoms with Gasteiger partial charge in [0.05, 0.1) is 29.1 Å². The molecule has 110 valence electrons. The molecule has 0 aliphatic heterocycles. The van der Waals surface area contributed by atoms with Gasteiger partial charge >= 0.3 is 5.69 Å². The van der Waals surface area contributed by atoms with Gasteiger partial charge in [-0.3, -0.25) is 14.1 Å². The molecule has 0 radical (unpaired) electrons. The number of aromatic nitrogens is 3. The minimum atomic E-state index is -1.12. The lowest BCUT2D eigenvalue weighted by atomic mass is 10.3. The van der Waals surface area contributed by atoms with Crippen LogP contribution in [0, 0.1) is 0 Å². The highest BCUT2D eigenvalue weighted by Crippen LogP contribution is 2.17. The maximum atomic E-state index is 12.2. The zero-order chi connectivity index (χ0) is 14.9. The SMILES string of the molecule is Cn1c(=O)n(COCC[Si](C)(C)C)c2cncc(N)c21. The molecule has 0 amide bonds. The van der Waals surface area contributed by atoms with Crippen LogP contribution in [0.4, 0.5) is 5.69 Å². The van der Waals surface area contributed by atoms with Crippen LogP contribution in [0.2, 0.25) is 25.7 Å². The molecular formula is C13H22N4O2Si. The Hall–Kier alpha value is -1.60. The Morgan fingerprint density at radius 1 is 1.35 bits per heavy atom. The topological polar surface area (TPSA) is 75.1 Å². The molecule has 0 unspecified atom stereocenters. The summed E-state index contributed by atoms with van der Waals surface area (Å²) in [5.74, 6) is 0. The first-order chi connectivity index (χ1) is 9.31. The summed E-state index contributed by atoms with van der Waals surface area (Å²) in [5, 5.41) is 0. The van der Waals surface area contributed by atoms with E-state index in [4.69, 9.17) is 10.5 Å². The van der Waals surface area contributed by atoms with Crippen LogP contribution in [-0.2, 0) is 18.5 Å². The quantitative estimate of drug-likeness (QED) is 0.672. The van der Waals surface area contributed by atoms with Crippen LogP contribution in [0.5, 0.6) is 0 Å². The molecule has 6 nitrogen and oxygen atoms in total. The summed E-state index contributed by atoms with van der Waals surface area (Å²) in [6.45, 7) is 7.81. The first kappa shape index (κ1) is 14.8. The Labute approximate surface area is 119 Å². The molecule has 0 saturated heterocycles. The smallest absolute Gasteiger partial charge is 0.330 e. The molecule has 0 aliphatic rings. The van der Waals surface area contributed by atoms with Gasteiger partial charge in [0.25, 0.3) is 0 Å². The largest absolute Gasteiger partial charge is 0.396 e. The minimum Gasteiger partial charge on any atom is -0.396 e. The number of nitrogens with two attached hydrogens (primary N) is 1. The van der Waals surface area contributed by atoms with Crippen LogP contribution in [0.1, 0.15) is 0 Å². The molecule has 2 aromatic heterocycles. The van der Waals surface area contributed by atoms with E-state index in [2.05, 4.69) is 24.6 Å². The predicted octanol–water partition coefficient (Wildman–Crippen LogP) is 1.63. The third-order valence-corrected chi connectivity index (χ3v) is 4.99. The van der Waals surface area contributed by atoms with Gasteiger partial charge in [-0.25, -0.2) is 4.79 Å². The molecule has 0 fully saturated rings. The van der Waals surface area contributed by atoms with Gasteiger partial charge in [-0.1, -0.05) is 19.6 Å². The molecule has 0 bridgehead atoms. The number of pyridine rings is 1. The molecule has 0 aromatic carbocycles. The van der Waals surface area contributed by atoms with Crippen molar-refractivity contribution < 1.29 is 4.74 Å². The number of nitrogens with zero attached hydrogens (tertiary/aromatic N) is 3. The van der Waals surface area contributed by atoms with Gasteiger partial charge in [0.15, 0.2) is 0 Å². The van der Waals surface area contributed by atoms with E-state index in [0.29, 0.717) is 23.3 Å². The molecule has 7 heteroatoms. The molecule has 2 N–H and O–H groups in total. The summed E-state index contributed by atoms with van der Waals surface area (Å²) in [7, 11) is 0.592. The maximum absolute atomic E-state index is 12.2. The summed E-state index contributed by atoms with van der Waals surface area (Å²) < 4.78 is 8.76. The van der Waals surface area contributed by atoms with Gasteiger partial charge in [0.2, 0.25) is 0 Å². The van der Waals surface area contributed by atoms with E-state index in [1.165, 1.54) is 4.57 Å². The fraction of sp³-hybridized carbons (Fsp3) is 0.538. The second kappa shape index (κ2) is 5.41. The van der Waals surface area contributed by atoms with E-state index >= 15 is 0 Å². The van der Waals surface area contributed by atoms with Crippen molar-refractivity contribution in [1.82, 2.24) is 14.1 Å². The second-order valence-corrected chi connectivity index (χ2v) is 11.8. The molecule has 2 heterocycles. The highest BCUT2D eigenvalue weighted by atomic mass is 28.3. The number of fused-ring (bicyclic) bond motifs is 1. The van der Waals surface area contributed by atoms with Crippen molar-refractivity contribution in [2.45, 2.75) is 32.4 Å². The lowest BCUT2D eigenvalue weighted by molar-refractivity contribution is 0.0873. The van der Waals surface area contributed by atoms with E-state index in [0.717, 1.165) is 6.04 Å². The molecule has 0 atom stereocenters. The lowest BCUT2D eigenvalue weighted by Crippen LogP contribution is -2.25. The molecule has 2 aromatic rings. The average Bonchev–Trinajstić information content (AvgIpc) is 2.59. The van der Waals surface area contributed by atoms with Crippen molar-refractivity contribution in [1.29, 1.82) is 0 Å². The Bertz CT molecular complexity index is 669. The molecular weight excluding hydrogens is 272 g/mol. The highest BCUT2D eigenvalue weighted by molar-refractivity contribution is 6.76. The number of aryl methyl sites for hydroxylation is 1. The fourth-order valence-corrected chi connectivity index (χ4v) is 2.82. The maximum Gasteiger partial charge on any atom is 0.330 e. The monoisotopic (exact) mass is 294 g/mol. The number of ether oxygens (including phenoxy) is 1.